The maximum absolute atomic E-state index is 12.6. The molecule has 0 bridgehead atoms. The average molecular weight is 403 g/mol. The van der Waals surface area contributed by atoms with Crippen molar-refractivity contribution in [3.05, 3.63) is 41.1 Å². The first-order chi connectivity index (χ1) is 13.6. The van der Waals surface area contributed by atoms with Crippen LogP contribution in [0.1, 0.15) is 45.2 Å². The molecule has 0 aliphatic carbocycles. The Morgan fingerprint density at radius 1 is 1.32 bits per heavy atom. The molecular formula is C20H26N4O3S. The summed E-state index contributed by atoms with van der Waals surface area (Å²) in [5.41, 5.74) is 2.06. The summed E-state index contributed by atoms with van der Waals surface area (Å²) in [6.45, 7) is 6.65. The number of esters is 1. The molecule has 1 atom stereocenters. The molecule has 2 heterocycles. The van der Waals surface area contributed by atoms with E-state index in [0.29, 0.717) is 29.0 Å². The molecule has 1 aliphatic heterocycles. The number of methoxy groups -OCH3 is 1. The second-order valence-electron chi connectivity index (χ2n) is 6.39. The van der Waals surface area contributed by atoms with Crippen LogP contribution >= 0.6 is 11.8 Å². The number of carbonyl (C=O) groups excluding carboxylic acids is 1. The van der Waals surface area contributed by atoms with Crippen LogP contribution in [0.2, 0.25) is 0 Å². The monoisotopic (exact) mass is 402 g/mol. The van der Waals surface area contributed by atoms with Crippen molar-refractivity contribution >= 4 is 23.7 Å². The van der Waals surface area contributed by atoms with Crippen molar-refractivity contribution in [3.8, 4) is 5.75 Å². The molecule has 0 fully saturated rings. The smallest absolute Gasteiger partial charge is 0.338 e. The van der Waals surface area contributed by atoms with E-state index in [1.165, 1.54) is 7.11 Å². The third-order valence-corrected chi connectivity index (χ3v) is 5.20. The molecule has 150 valence electrons. The van der Waals surface area contributed by atoms with Crippen LogP contribution in [-0.4, -0.2) is 40.2 Å². The number of carbonyl (C=O) groups is 1. The summed E-state index contributed by atoms with van der Waals surface area (Å²) in [5, 5.41) is 8.50. The van der Waals surface area contributed by atoms with E-state index in [1.54, 1.807) is 16.4 Å². The molecule has 8 heteroatoms. The van der Waals surface area contributed by atoms with Crippen molar-refractivity contribution in [2.45, 2.75) is 44.8 Å². The van der Waals surface area contributed by atoms with Gasteiger partial charge in [0.1, 0.15) is 11.8 Å². The Hall–Kier alpha value is -2.48. The number of nitrogens with one attached hydrogen (secondary N) is 1. The van der Waals surface area contributed by atoms with Gasteiger partial charge in [-0.15, -0.1) is 5.10 Å². The first-order valence-corrected chi connectivity index (χ1v) is 10.5. The molecule has 0 amide bonds. The fourth-order valence-electron chi connectivity index (χ4n) is 3.15. The largest absolute Gasteiger partial charge is 0.493 e. The summed E-state index contributed by atoms with van der Waals surface area (Å²) < 4.78 is 12.9. The number of aromatic nitrogens is 3. The van der Waals surface area contributed by atoms with Gasteiger partial charge in [0.05, 0.1) is 19.3 Å². The fourth-order valence-corrected chi connectivity index (χ4v) is 3.70. The van der Waals surface area contributed by atoms with E-state index in [4.69, 9.17) is 9.47 Å². The summed E-state index contributed by atoms with van der Waals surface area (Å²) in [5.74, 6) is 1.81. The maximum atomic E-state index is 12.6. The van der Waals surface area contributed by atoms with E-state index in [0.717, 1.165) is 29.9 Å². The van der Waals surface area contributed by atoms with Gasteiger partial charge in [0.2, 0.25) is 11.1 Å². The van der Waals surface area contributed by atoms with Gasteiger partial charge in [-0.25, -0.2) is 9.48 Å². The molecule has 1 aliphatic rings. The van der Waals surface area contributed by atoms with Gasteiger partial charge in [-0.1, -0.05) is 50.2 Å². The second-order valence-corrected chi connectivity index (χ2v) is 7.62. The molecule has 0 radical (unpaired) electrons. The molecule has 1 aromatic carbocycles. The van der Waals surface area contributed by atoms with E-state index in [-0.39, 0.29) is 0 Å². The number of hydrogen-bond acceptors (Lipinski definition) is 7. The lowest BCUT2D eigenvalue weighted by atomic mass is 9.95. The third kappa shape index (κ3) is 4.01. The Kier molecular flexibility index (Phi) is 6.61. The minimum Gasteiger partial charge on any atom is -0.493 e. The summed E-state index contributed by atoms with van der Waals surface area (Å²) in [4.78, 5) is 17.2. The Balaban J connectivity index is 2.11. The van der Waals surface area contributed by atoms with Crippen molar-refractivity contribution in [1.82, 2.24) is 14.8 Å². The van der Waals surface area contributed by atoms with E-state index in [1.807, 2.05) is 31.2 Å². The highest BCUT2D eigenvalue weighted by Crippen LogP contribution is 2.40. The number of rotatable bonds is 8. The first-order valence-electron chi connectivity index (χ1n) is 9.47. The molecule has 2 aromatic rings. The van der Waals surface area contributed by atoms with E-state index >= 15 is 0 Å². The molecule has 7 nitrogen and oxygen atoms in total. The van der Waals surface area contributed by atoms with Gasteiger partial charge in [-0.2, -0.15) is 4.98 Å². The lowest BCUT2D eigenvalue weighted by Crippen LogP contribution is -2.29. The van der Waals surface area contributed by atoms with Crippen molar-refractivity contribution in [2.24, 2.45) is 0 Å². The lowest BCUT2D eigenvalue weighted by Gasteiger charge is -2.29. The predicted molar refractivity (Wildman–Crippen MR) is 110 cm³/mol. The molecule has 1 unspecified atom stereocenters. The van der Waals surface area contributed by atoms with Gasteiger partial charge in [0.15, 0.2) is 0 Å². The zero-order valence-electron chi connectivity index (χ0n) is 16.7. The van der Waals surface area contributed by atoms with Gasteiger partial charge in [0.25, 0.3) is 0 Å². The number of nitrogens with zero attached hydrogens (tertiary/aromatic N) is 3. The van der Waals surface area contributed by atoms with Crippen LogP contribution in [0.5, 0.6) is 5.75 Å². The van der Waals surface area contributed by atoms with E-state index < -0.39 is 12.0 Å². The number of allylic oxidation sites excluding steroid dienone is 1. The summed E-state index contributed by atoms with van der Waals surface area (Å²) >= 11 is 1.55. The topological polar surface area (TPSA) is 78.3 Å². The number of ether oxygens (including phenoxy) is 2. The van der Waals surface area contributed by atoms with Crippen LogP contribution in [0, 0.1) is 0 Å². The fraction of sp³-hybridized carbons (Fsp3) is 0.450. The number of thioether (sulfide) groups is 1. The van der Waals surface area contributed by atoms with Crippen molar-refractivity contribution in [3.63, 3.8) is 0 Å². The van der Waals surface area contributed by atoms with Gasteiger partial charge in [0, 0.05) is 11.3 Å². The molecular weight excluding hydrogens is 376 g/mol. The highest BCUT2D eigenvalue weighted by Gasteiger charge is 2.36. The van der Waals surface area contributed by atoms with Crippen molar-refractivity contribution < 1.29 is 14.3 Å². The quantitative estimate of drug-likeness (QED) is 0.406. The number of unbranched alkanes of at least 4 members (excludes halogenated alkanes) is 1. The van der Waals surface area contributed by atoms with Crippen LogP contribution in [0.15, 0.2) is 40.7 Å². The Labute approximate surface area is 169 Å². The van der Waals surface area contributed by atoms with Gasteiger partial charge >= 0.3 is 5.97 Å². The van der Waals surface area contributed by atoms with Gasteiger partial charge in [-0.05, 0) is 25.2 Å². The number of para-hydroxylation sites is 1. The van der Waals surface area contributed by atoms with Crippen LogP contribution in [-0.2, 0) is 9.53 Å². The number of fused-ring (bicyclic) bond motifs is 1. The average Bonchev–Trinajstić information content (AvgIpc) is 3.09. The van der Waals surface area contributed by atoms with Crippen LogP contribution in [0.3, 0.4) is 0 Å². The molecule has 1 aromatic heterocycles. The molecule has 1 N–H and O–H groups in total. The van der Waals surface area contributed by atoms with Gasteiger partial charge < -0.3 is 14.8 Å². The zero-order chi connectivity index (χ0) is 20.1. The normalized spacial score (nSPS) is 15.8. The zero-order valence-corrected chi connectivity index (χ0v) is 17.5. The van der Waals surface area contributed by atoms with Crippen LogP contribution < -0.4 is 10.1 Å². The number of hydrogen-bond donors (Lipinski definition) is 1. The first kappa shape index (κ1) is 20.3. The van der Waals surface area contributed by atoms with Crippen molar-refractivity contribution in [2.75, 3.05) is 24.8 Å². The minimum absolute atomic E-state index is 0.399. The SMILES string of the molecule is CCCCOc1ccccc1C1C(C(=O)OC)=C(C)Nc2nc(SCC)nn21. The van der Waals surface area contributed by atoms with Gasteiger partial charge in [-0.3, -0.25) is 0 Å². The Bertz CT molecular complexity index is 878. The minimum atomic E-state index is -0.472. The number of benzene rings is 1. The third-order valence-electron chi connectivity index (χ3n) is 4.48. The highest BCUT2D eigenvalue weighted by atomic mass is 32.2. The highest BCUT2D eigenvalue weighted by molar-refractivity contribution is 7.99. The van der Waals surface area contributed by atoms with E-state index in [9.17, 15) is 4.79 Å². The summed E-state index contributed by atoms with van der Waals surface area (Å²) in [6.07, 6.45) is 2.01. The van der Waals surface area contributed by atoms with Crippen LogP contribution in [0.25, 0.3) is 0 Å². The summed E-state index contributed by atoms with van der Waals surface area (Å²) in [7, 11) is 1.39. The molecule has 3 rings (SSSR count). The summed E-state index contributed by atoms with van der Waals surface area (Å²) in [6, 6.07) is 7.29. The Morgan fingerprint density at radius 3 is 2.82 bits per heavy atom. The number of anilines is 1. The lowest BCUT2D eigenvalue weighted by molar-refractivity contribution is -0.136. The van der Waals surface area contributed by atoms with Crippen molar-refractivity contribution in [1.29, 1.82) is 0 Å². The molecule has 0 saturated carbocycles. The Morgan fingerprint density at radius 2 is 2.11 bits per heavy atom. The predicted octanol–water partition coefficient (Wildman–Crippen LogP) is 4.03. The standard InChI is InChI=1S/C20H26N4O3S/c1-5-7-12-27-15-11-9-8-10-14(15)17-16(18(25)26-4)13(3)21-19-22-20(28-6-2)23-24(17)19/h8-11,17H,5-7,12H2,1-4H3,(H,21,22,23). The van der Waals surface area contributed by atoms with Crippen LogP contribution in [0.4, 0.5) is 5.95 Å². The molecule has 0 spiro atoms. The maximum Gasteiger partial charge on any atom is 0.338 e. The molecule has 0 saturated heterocycles. The van der Waals surface area contributed by atoms with E-state index in [2.05, 4.69) is 29.2 Å². The second kappa shape index (κ2) is 9.14. The molecule has 28 heavy (non-hydrogen) atoms.